The van der Waals surface area contributed by atoms with E-state index in [1.807, 2.05) is 31.3 Å². The van der Waals surface area contributed by atoms with E-state index < -0.39 is 6.04 Å². The van der Waals surface area contributed by atoms with Crippen LogP contribution in [0.4, 0.5) is 0 Å². The second kappa shape index (κ2) is 10.0. The normalized spacial score (nSPS) is 11.6. The predicted molar refractivity (Wildman–Crippen MR) is 94.4 cm³/mol. The van der Waals surface area contributed by atoms with Gasteiger partial charge in [0.1, 0.15) is 5.82 Å². The molecular weight excluding hydrogens is 312 g/mol. The lowest BCUT2D eigenvalue weighted by Crippen LogP contribution is -2.40. The lowest BCUT2D eigenvalue weighted by Gasteiger charge is -2.12. The quantitative estimate of drug-likeness (QED) is 0.776. The molecule has 2 aromatic rings. The van der Waals surface area contributed by atoms with Crippen LogP contribution >= 0.6 is 12.4 Å². The van der Waals surface area contributed by atoms with E-state index in [9.17, 15) is 4.79 Å². The molecule has 1 unspecified atom stereocenters. The van der Waals surface area contributed by atoms with E-state index in [0.29, 0.717) is 13.0 Å². The SMILES string of the molecule is CCCC(N)C(=O)NCc1nccn1CCc1ccccc1.Cl. The minimum absolute atomic E-state index is 0. The van der Waals surface area contributed by atoms with Crippen LogP contribution in [-0.2, 0) is 24.3 Å². The summed E-state index contributed by atoms with van der Waals surface area (Å²) in [5.41, 5.74) is 7.09. The number of amides is 1. The van der Waals surface area contributed by atoms with Crippen molar-refractivity contribution in [2.45, 2.75) is 45.3 Å². The van der Waals surface area contributed by atoms with Gasteiger partial charge in [-0.3, -0.25) is 4.79 Å². The van der Waals surface area contributed by atoms with Gasteiger partial charge < -0.3 is 15.6 Å². The molecule has 3 N–H and O–H groups in total. The Balaban J connectivity index is 0.00000264. The molecule has 0 saturated carbocycles. The number of nitrogens with two attached hydrogens (primary N) is 1. The Morgan fingerprint density at radius 1 is 1.35 bits per heavy atom. The van der Waals surface area contributed by atoms with E-state index in [4.69, 9.17) is 5.73 Å². The summed E-state index contributed by atoms with van der Waals surface area (Å²) in [6, 6.07) is 9.89. The molecule has 1 aromatic heterocycles. The maximum atomic E-state index is 11.8. The summed E-state index contributed by atoms with van der Waals surface area (Å²) in [6.07, 6.45) is 6.25. The number of carbonyl (C=O) groups is 1. The van der Waals surface area contributed by atoms with Gasteiger partial charge in [-0.15, -0.1) is 12.4 Å². The summed E-state index contributed by atoms with van der Waals surface area (Å²) in [6.45, 7) is 3.28. The Bertz CT molecular complexity index is 585. The van der Waals surface area contributed by atoms with Crippen molar-refractivity contribution in [3.63, 3.8) is 0 Å². The smallest absolute Gasteiger partial charge is 0.237 e. The highest BCUT2D eigenvalue weighted by atomic mass is 35.5. The first-order valence-electron chi connectivity index (χ1n) is 7.78. The van der Waals surface area contributed by atoms with Crippen LogP contribution in [0.15, 0.2) is 42.7 Å². The summed E-state index contributed by atoms with van der Waals surface area (Å²) in [5, 5.41) is 2.86. The Labute approximate surface area is 143 Å². The monoisotopic (exact) mass is 336 g/mol. The summed E-state index contributed by atoms with van der Waals surface area (Å²) >= 11 is 0. The van der Waals surface area contributed by atoms with Gasteiger partial charge in [0.2, 0.25) is 5.91 Å². The average Bonchev–Trinajstić information content (AvgIpc) is 2.99. The molecule has 2 rings (SSSR count). The molecule has 23 heavy (non-hydrogen) atoms. The summed E-state index contributed by atoms with van der Waals surface area (Å²) in [4.78, 5) is 16.2. The van der Waals surface area contributed by atoms with Crippen molar-refractivity contribution in [2.75, 3.05) is 0 Å². The number of aromatic nitrogens is 2. The van der Waals surface area contributed by atoms with Gasteiger partial charge in [0.15, 0.2) is 0 Å². The number of imidazole rings is 1. The third-order valence-corrected chi connectivity index (χ3v) is 3.64. The van der Waals surface area contributed by atoms with E-state index in [-0.39, 0.29) is 18.3 Å². The van der Waals surface area contributed by atoms with Gasteiger partial charge in [-0.1, -0.05) is 43.7 Å². The second-order valence-electron chi connectivity index (χ2n) is 5.39. The van der Waals surface area contributed by atoms with E-state index in [2.05, 4.69) is 27.0 Å². The van der Waals surface area contributed by atoms with Crippen LogP contribution < -0.4 is 11.1 Å². The van der Waals surface area contributed by atoms with Crippen molar-refractivity contribution < 1.29 is 4.79 Å². The van der Waals surface area contributed by atoms with Crippen LogP contribution in [0.2, 0.25) is 0 Å². The molecule has 0 aliphatic heterocycles. The standard InChI is InChI=1S/C17H24N4O.ClH/c1-2-6-15(18)17(22)20-13-16-19-10-12-21(16)11-9-14-7-4-3-5-8-14;/h3-5,7-8,10,12,15H,2,6,9,11,13,18H2,1H3,(H,20,22);1H. The van der Waals surface area contributed by atoms with Gasteiger partial charge in [0.05, 0.1) is 12.6 Å². The second-order valence-corrected chi connectivity index (χ2v) is 5.39. The highest BCUT2D eigenvalue weighted by Gasteiger charge is 2.12. The molecule has 0 bridgehead atoms. The Kier molecular flexibility index (Phi) is 8.37. The van der Waals surface area contributed by atoms with E-state index in [1.165, 1.54) is 5.56 Å². The van der Waals surface area contributed by atoms with Gasteiger partial charge in [0, 0.05) is 18.9 Å². The number of carbonyl (C=O) groups excluding carboxylic acids is 1. The zero-order valence-electron chi connectivity index (χ0n) is 13.4. The highest BCUT2D eigenvalue weighted by molar-refractivity contribution is 5.85. The van der Waals surface area contributed by atoms with Gasteiger partial charge in [-0.05, 0) is 18.4 Å². The summed E-state index contributed by atoms with van der Waals surface area (Å²) in [5.74, 6) is 0.743. The van der Waals surface area contributed by atoms with Gasteiger partial charge in [-0.2, -0.15) is 0 Å². The van der Waals surface area contributed by atoms with Crippen LogP contribution in [0.5, 0.6) is 0 Å². The van der Waals surface area contributed by atoms with E-state index in [0.717, 1.165) is 25.2 Å². The molecule has 0 saturated heterocycles. The Morgan fingerprint density at radius 2 is 2.09 bits per heavy atom. The number of nitrogens with one attached hydrogen (secondary N) is 1. The summed E-state index contributed by atoms with van der Waals surface area (Å²) in [7, 11) is 0. The van der Waals surface area contributed by atoms with Gasteiger partial charge in [-0.25, -0.2) is 4.98 Å². The van der Waals surface area contributed by atoms with Gasteiger partial charge in [0.25, 0.3) is 0 Å². The first-order valence-corrected chi connectivity index (χ1v) is 7.78. The predicted octanol–water partition coefficient (Wildman–Crippen LogP) is 2.29. The third kappa shape index (κ3) is 6.04. The molecule has 0 aliphatic rings. The number of hydrogen-bond donors (Lipinski definition) is 2. The minimum atomic E-state index is -0.433. The summed E-state index contributed by atoms with van der Waals surface area (Å²) < 4.78 is 2.07. The lowest BCUT2D eigenvalue weighted by atomic mass is 10.1. The van der Waals surface area contributed by atoms with Crippen LogP contribution in [-0.4, -0.2) is 21.5 Å². The molecule has 0 radical (unpaired) electrons. The van der Waals surface area contributed by atoms with Gasteiger partial charge >= 0.3 is 0 Å². The molecule has 6 heteroatoms. The molecule has 1 aromatic carbocycles. The van der Waals surface area contributed by atoms with Crippen LogP contribution in [0, 0.1) is 0 Å². The zero-order valence-corrected chi connectivity index (χ0v) is 14.3. The molecule has 0 fully saturated rings. The molecular formula is C17H25ClN4O. The first kappa shape index (κ1) is 19.2. The third-order valence-electron chi connectivity index (χ3n) is 3.64. The molecule has 1 heterocycles. The molecule has 0 aliphatic carbocycles. The highest BCUT2D eigenvalue weighted by Crippen LogP contribution is 2.04. The van der Waals surface area contributed by atoms with Crippen LogP contribution in [0.3, 0.4) is 0 Å². The maximum Gasteiger partial charge on any atom is 0.237 e. The molecule has 5 nitrogen and oxygen atoms in total. The fraction of sp³-hybridized carbons (Fsp3) is 0.412. The number of aryl methyl sites for hydroxylation is 2. The largest absolute Gasteiger partial charge is 0.348 e. The molecule has 0 spiro atoms. The van der Waals surface area contributed by atoms with Crippen molar-refractivity contribution >= 4 is 18.3 Å². The zero-order chi connectivity index (χ0) is 15.8. The number of halogens is 1. The van der Waals surface area contributed by atoms with Crippen LogP contribution in [0.1, 0.15) is 31.2 Å². The molecule has 1 atom stereocenters. The van der Waals surface area contributed by atoms with Crippen molar-refractivity contribution in [1.82, 2.24) is 14.9 Å². The van der Waals surface area contributed by atoms with Crippen molar-refractivity contribution in [2.24, 2.45) is 5.73 Å². The van der Waals surface area contributed by atoms with E-state index in [1.54, 1.807) is 6.20 Å². The topological polar surface area (TPSA) is 72.9 Å². The average molecular weight is 337 g/mol. The fourth-order valence-corrected chi connectivity index (χ4v) is 2.34. The number of rotatable bonds is 8. The van der Waals surface area contributed by atoms with Crippen molar-refractivity contribution in [3.05, 3.63) is 54.1 Å². The van der Waals surface area contributed by atoms with Crippen molar-refractivity contribution in [3.8, 4) is 0 Å². The van der Waals surface area contributed by atoms with Crippen LogP contribution in [0.25, 0.3) is 0 Å². The molecule has 126 valence electrons. The lowest BCUT2D eigenvalue weighted by molar-refractivity contribution is -0.122. The number of hydrogen-bond acceptors (Lipinski definition) is 3. The number of benzene rings is 1. The Hall–Kier alpha value is -1.85. The maximum absolute atomic E-state index is 11.8. The van der Waals surface area contributed by atoms with Crippen molar-refractivity contribution in [1.29, 1.82) is 0 Å². The Morgan fingerprint density at radius 3 is 2.78 bits per heavy atom. The number of nitrogens with zero attached hydrogens (tertiary/aromatic N) is 2. The first-order chi connectivity index (χ1) is 10.7. The minimum Gasteiger partial charge on any atom is -0.348 e. The van der Waals surface area contributed by atoms with E-state index >= 15 is 0 Å². The fourth-order valence-electron chi connectivity index (χ4n) is 2.34. The molecule has 1 amide bonds.